The first-order chi connectivity index (χ1) is 11.6. The lowest BCUT2D eigenvalue weighted by molar-refractivity contribution is -0.0893. The molecule has 1 heterocycles. The van der Waals surface area contributed by atoms with Crippen molar-refractivity contribution in [2.45, 2.75) is 45.4 Å². The third kappa shape index (κ3) is 4.93. The Morgan fingerprint density at radius 1 is 1.28 bits per heavy atom. The summed E-state index contributed by atoms with van der Waals surface area (Å²) < 4.78 is 18.8. The number of anilines is 1. The molecule has 0 unspecified atom stereocenters. The molecule has 2 rings (SSSR count). The zero-order valence-corrected chi connectivity index (χ0v) is 14.9. The maximum Gasteiger partial charge on any atom is 0.334 e. The number of aliphatic hydroxyl groups is 1. The first-order valence-electron chi connectivity index (χ1n) is 8.00. The van der Waals surface area contributed by atoms with Crippen LogP contribution in [0.15, 0.2) is 36.5 Å². The molecule has 7 heteroatoms. The quantitative estimate of drug-likeness (QED) is 0.671. The number of phenolic OH excluding ortho intramolecular Hbond substituents is 1. The third-order valence-corrected chi connectivity index (χ3v) is 4.29. The number of rotatable bonds is 7. The Bertz CT molecular complexity index is 743. The molecule has 0 fully saturated rings. The van der Waals surface area contributed by atoms with Gasteiger partial charge in [0.05, 0.1) is 11.2 Å². The molecule has 137 valence electrons. The second kappa shape index (κ2) is 7.41. The minimum atomic E-state index is -1.03. The smallest absolute Gasteiger partial charge is 0.334 e. The predicted molar refractivity (Wildman–Crippen MR) is 101 cm³/mol. The van der Waals surface area contributed by atoms with Crippen molar-refractivity contribution in [3.05, 3.63) is 47.9 Å². The Kier molecular flexibility index (Phi) is 5.70. The highest BCUT2D eigenvalue weighted by Gasteiger charge is 2.35. The van der Waals surface area contributed by atoms with E-state index in [1.807, 2.05) is 6.07 Å². The van der Waals surface area contributed by atoms with Crippen LogP contribution in [0.4, 0.5) is 10.2 Å². The normalized spacial score (nSPS) is 12.1. The van der Waals surface area contributed by atoms with Crippen LogP contribution in [-0.2, 0) is 11.2 Å². The fraction of sp³-hybridized carbons (Fsp3) is 0.389. The highest BCUT2D eigenvalue weighted by atomic mass is 19.1. The van der Waals surface area contributed by atoms with Crippen molar-refractivity contribution in [2.75, 3.05) is 5.32 Å². The van der Waals surface area contributed by atoms with E-state index in [-0.39, 0.29) is 15.1 Å². The molecule has 2 aromatic rings. The Labute approximate surface area is 151 Å². The fourth-order valence-corrected chi connectivity index (χ4v) is 1.88. The lowest BCUT2D eigenvalue weighted by Crippen LogP contribution is -2.49. The molecule has 0 bridgehead atoms. The summed E-state index contributed by atoms with van der Waals surface area (Å²) in [5.74, 6) is -0.0542. The second-order valence-electron chi connectivity index (χ2n) is 6.87. The summed E-state index contributed by atoms with van der Waals surface area (Å²) in [7, 11) is 1.54. The van der Waals surface area contributed by atoms with E-state index >= 15 is 0 Å². The maximum atomic E-state index is 13.0. The summed E-state index contributed by atoms with van der Waals surface area (Å²) in [5.41, 5.74) is -0.577. The minimum absolute atomic E-state index is 0. The van der Waals surface area contributed by atoms with Crippen molar-refractivity contribution < 1.29 is 22.1 Å². The van der Waals surface area contributed by atoms with Crippen molar-refractivity contribution in [1.29, 1.82) is 0 Å². The molecule has 0 amide bonds. The van der Waals surface area contributed by atoms with Crippen LogP contribution >= 0.6 is 0 Å². The van der Waals surface area contributed by atoms with Crippen LogP contribution in [0.3, 0.4) is 0 Å². The summed E-state index contributed by atoms with van der Waals surface area (Å²) in [5, 5.41) is 23.0. The van der Waals surface area contributed by atoms with Gasteiger partial charge in [0.2, 0.25) is 0 Å². The minimum Gasteiger partial charge on any atom is -0.507 e. The lowest BCUT2D eigenvalue weighted by atomic mass is 9.82. The molecular formula is C18H27BFN2O3. The Balaban J connectivity index is 0.00000338. The summed E-state index contributed by atoms with van der Waals surface area (Å²) in [6.07, 6.45) is 1.63. The lowest BCUT2D eigenvalue weighted by Gasteiger charge is -2.37. The summed E-state index contributed by atoms with van der Waals surface area (Å²) in [6.45, 7) is 7.23. The van der Waals surface area contributed by atoms with Crippen molar-refractivity contribution in [3.63, 3.8) is 0 Å². The molecule has 0 atom stereocenters. The van der Waals surface area contributed by atoms with E-state index in [1.54, 1.807) is 40.0 Å². The number of nitrogens with one attached hydrogen (secondary N) is 1. The van der Waals surface area contributed by atoms with E-state index in [1.165, 1.54) is 19.6 Å². The van der Waals surface area contributed by atoms with Crippen LogP contribution in [0.1, 0.15) is 36.1 Å². The van der Waals surface area contributed by atoms with E-state index < -0.39 is 17.0 Å². The molecule has 5 nitrogen and oxygen atoms in total. The number of hydrogen-bond donors (Lipinski definition) is 3. The van der Waals surface area contributed by atoms with Crippen molar-refractivity contribution in [1.82, 2.24) is 4.98 Å². The van der Waals surface area contributed by atoms with Crippen LogP contribution in [0.2, 0.25) is 0 Å². The molecule has 0 saturated carbocycles. The van der Waals surface area contributed by atoms with Gasteiger partial charge in [0.15, 0.2) is 0 Å². The molecule has 0 aliphatic carbocycles. The van der Waals surface area contributed by atoms with Gasteiger partial charge in [0.1, 0.15) is 17.4 Å². The van der Waals surface area contributed by atoms with Gasteiger partial charge >= 0.3 is 7.48 Å². The van der Waals surface area contributed by atoms with Crippen LogP contribution in [0, 0.1) is 5.82 Å². The molecule has 3 N–H and O–H groups in total. The van der Waals surface area contributed by atoms with Gasteiger partial charge in [-0.3, -0.25) is 0 Å². The summed E-state index contributed by atoms with van der Waals surface area (Å²) >= 11 is 0. The van der Waals surface area contributed by atoms with Gasteiger partial charge in [0, 0.05) is 27.2 Å². The van der Waals surface area contributed by atoms with Crippen LogP contribution in [0.5, 0.6) is 5.75 Å². The SMILES string of the molecule is CC(C)(O)C(C)(C)O[B]c1cccnc1NCc1ccc(F)cc1O.[HH].[HH]. The van der Waals surface area contributed by atoms with Gasteiger partial charge < -0.3 is 20.2 Å². The summed E-state index contributed by atoms with van der Waals surface area (Å²) in [4.78, 5) is 4.26. The third-order valence-electron chi connectivity index (χ3n) is 4.29. The highest BCUT2D eigenvalue weighted by molar-refractivity contribution is 6.49. The Hall–Kier alpha value is -2.12. The zero-order valence-electron chi connectivity index (χ0n) is 14.9. The van der Waals surface area contributed by atoms with Crippen molar-refractivity contribution in [3.8, 4) is 5.75 Å². The monoisotopic (exact) mass is 349 g/mol. The van der Waals surface area contributed by atoms with Crippen molar-refractivity contribution >= 4 is 18.8 Å². The van der Waals surface area contributed by atoms with Gasteiger partial charge in [-0.2, -0.15) is 0 Å². The van der Waals surface area contributed by atoms with Gasteiger partial charge in [0.25, 0.3) is 0 Å². The number of pyridine rings is 1. The molecule has 0 aliphatic rings. The molecule has 0 aliphatic heterocycles. The van der Waals surface area contributed by atoms with E-state index in [0.717, 1.165) is 6.07 Å². The van der Waals surface area contributed by atoms with E-state index in [4.69, 9.17) is 4.65 Å². The van der Waals surface area contributed by atoms with Crippen molar-refractivity contribution in [2.24, 2.45) is 0 Å². The molecule has 25 heavy (non-hydrogen) atoms. The van der Waals surface area contributed by atoms with Gasteiger partial charge in [-0.1, -0.05) is 12.1 Å². The number of phenols is 1. The molecule has 1 radical (unpaired) electrons. The number of aromatic nitrogens is 1. The van der Waals surface area contributed by atoms with Crippen LogP contribution in [-0.4, -0.2) is 33.9 Å². The Morgan fingerprint density at radius 2 is 2.00 bits per heavy atom. The Morgan fingerprint density at radius 3 is 2.64 bits per heavy atom. The average Bonchev–Trinajstić information content (AvgIpc) is 2.52. The van der Waals surface area contributed by atoms with E-state index in [2.05, 4.69) is 10.3 Å². The second-order valence-corrected chi connectivity index (χ2v) is 6.87. The number of hydrogen-bond acceptors (Lipinski definition) is 5. The average molecular weight is 349 g/mol. The van der Waals surface area contributed by atoms with Gasteiger partial charge in [-0.15, -0.1) is 0 Å². The fourth-order valence-electron chi connectivity index (χ4n) is 1.88. The maximum absolute atomic E-state index is 13.0. The summed E-state index contributed by atoms with van der Waals surface area (Å²) in [6, 6.07) is 7.46. The zero-order chi connectivity index (χ0) is 18.7. The first-order valence-corrected chi connectivity index (χ1v) is 8.00. The molecule has 0 saturated heterocycles. The standard InChI is InChI=1S/C18H23BFN2O3.2H2/c1-17(2,24)18(3,4)25-19-14-6-5-9-21-16(14)22-11-12-7-8-13(20)10-15(12)23;;/h5-10,23-24H,11H2,1-4H3,(H,21,22);2*1H. The number of benzene rings is 1. The van der Waals surface area contributed by atoms with Crippen LogP contribution in [0.25, 0.3) is 0 Å². The number of aromatic hydroxyl groups is 1. The molecule has 1 aromatic carbocycles. The molecular weight excluding hydrogens is 322 g/mol. The molecule has 0 spiro atoms. The van der Waals surface area contributed by atoms with E-state index in [0.29, 0.717) is 16.8 Å². The van der Waals surface area contributed by atoms with Gasteiger partial charge in [-0.25, -0.2) is 9.37 Å². The molecule has 1 aromatic heterocycles. The van der Waals surface area contributed by atoms with Gasteiger partial charge in [-0.05, 0) is 45.3 Å². The highest BCUT2D eigenvalue weighted by Crippen LogP contribution is 2.24. The van der Waals surface area contributed by atoms with Crippen LogP contribution < -0.4 is 10.8 Å². The van der Waals surface area contributed by atoms with E-state index in [9.17, 15) is 14.6 Å². The first kappa shape index (κ1) is 19.2. The number of nitrogens with zero attached hydrogens (tertiary/aromatic N) is 1. The predicted octanol–water partition coefficient (Wildman–Crippen LogP) is 2.84. The number of halogens is 1. The topological polar surface area (TPSA) is 74.6 Å². The largest absolute Gasteiger partial charge is 0.507 e.